The van der Waals surface area contributed by atoms with Gasteiger partial charge in [0.05, 0.1) is 6.67 Å². The van der Waals surface area contributed by atoms with E-state index in [2.05, 4.69) is 24.3 Å². The molecular formula is C14H20FN. The lowest BCUT2D eigenvalue weighted by Crippen LogP contribution is -2.41. The van der Waals surface area contributed by atoms with Crippen molar-refractivity contribution in [2.24, 2.45) is 5.73 Å². The Labute approximate surface area is 96.9 Å². The minimum atomic E-state index is -0.228. The molecule has 0 saturated heterocycles. The molecule has 1 fully saturated rings. The van der Waals surface area contributed by atoms with E-state index in [9.17, 15) is 4.39 Å². The maximum atomic E-state index is 12.0. The summed E-state index contributed by atoms with van der Waals surface area (Å²) in [6.07, 6.45) is 5.19. The summed E-state index contributed by atoms with van der Waals surface area (Å²) in [4.78, 5) is 0. The largest absolute Gasteiger partial charge is 0.330 e. The monoisotopic (exact) mass is 221 g/mol. The molecule has 1 nitrogen and oxygen atoms in total. The summed E-state index contributed by atoms with van der Waals surface area (Å²) in [5, 5.41) is 0. The van der Waals surface area contributed by atoms with Gasteiger partial charge in [0.25, 0.3) is 0 Å². The van der Waals surface area contributed by atoms with Crippen LogP contribution in [0.25, 0.3) is 0 Å². The molecule has 0 aromatic heterocycles. The maximum Gasteiger partial charge on any atom is 0.0897 e. The molecule has 16 heavy (non-hydrogen) atoms. The molecule has 0 spiro atoms. The van der Waals surface area contributed by atoms with Gasteiger partial charge in [0.15, 0.2) is 0 Å². The van der Waals surface area contributed by atoms with E-state index in [1.807, 2.05) is 0 Å². The lowest BCUT2D eigenvalue weighted by molar-refractivity contribution is 0.253. The Morgan fingerprint density at radius 1 is 1.19 bits per heavy atom. The van der Waals surface area contributed by atoms with Crippen molar-refractivity contribution in [3.05, 3.63) is 35.4 Å². The minimum absolute atomic E-state index is 0.228. The highest BCUT2D eigenvalue weighted by Gasteiger charge is 2.36. The highest BCUT2D eigenvalue weighted by atomic mass is 19.1. The summed E-state index contributed by atoms with van der Waals surface area (Å²) < 4.78 is 12.0. The third-order valence-electron chi connectivity index (χ3n) is 3.87. The SMILES string of the molecule is NCC1(c2ccc(CCCF)cc2)CCC1. The molecule has 0 radical (unpaired) electrons. The van der Waals surface area contributed by atoms with E-state index in [4.69, 9.17) is 5.73 Å². The Bertz CT molecular complexity index is 322. The van der Waals surface area contributed by atoms with E-state index in [-0.39, 0.29) is 12.1 Å². The fourth-order valence-corrected chi connectivity index (χ4v) is 2.51. The van der Waals surface area contributed by atoms with Crippen LogP contribution in [0.5, 0.6) is 0 Å². The van der Waals surface area contributed by atoms with Crippen molar-refractivity contribution in [2.45, 2.75) is 37.5 Å². The molecule has 88 valence electrons. The standard InChI is InChI=1S/C14H20FN/c15-10-1-3-12-4-6-13(7-5-12)14(11-16)8-2-9-14/h4-7H,1-3,8-11,16H2. The summed E-state index contributed by atoms with van der Waals surface area (Å²) in [6, 6.07) is 8.61. The molecule has 2 heteroatoms. The molecule has 1 aliphatic carbocycles. The van der Waals surface area contributed by atoms with Crippen molar-refractivity contribution < 1.29 is 4.39 Å². The molecule has 1 aliphatic rings. The van der Waals surface area contributed by atoms with E-state index in [1.54, 1.807) is 0 Å². The Morgan fingerprint density at radius 3 is 2.31 bits per heavy atom. The van der Waals surface area contributed by atoms with Crippen molar-refractivity contribution >= 4 is 0 Å². The Hall–Kier alpha value is -0.890. The summed E-state index contributed by atoms with van der Waals surface area (Å²) in [5.41, 5.74) is 8.71. The Kier molecular flexibility index (Phi) is 3.59. The fraction of sp³-hybridized carbons (Fsp3) is 0.571. The number of nitrogens with two attached hydrogens (primary N) is 1. The van der Waals surface area contributed by atoms with E-state index >= 15 is 0 Å². The van der Waals surface area contributed by atoms with Gasteiger partial charge in [-0.2, -0.15) is 0 Å². The number of hydrogen-bond acceptors (Lipinski definition) is 1. The van der Waals surface area contributed by atoms with Crippen LogP contribution in [0.2, 0.25) is 0 Å². The van der Waals surface area contributed by atoms with Crippen LogP contribution in [0.3, 0.4) is 0 Å². The van der Waals surface area contributed by atoms with Gasteiger partial charge in [0.2, 0.25) is 0 Å². The van der Waals surface area contributed by atoms with Gasteiger partial charge < -0.3 is 5.73 Å². The third-order valence-corrected chi connectivity index (χ3v) is 3.87. The predicted molar refractivity (Wildman–Crippen MR) is 65.3 cm³/mol. The van der Waals surface area contributed by atoms with Gasteiger partial charge in [-0.1, -0.05) is 30.7 Å². The summed E-state index contributed by atoms with van der Waals surface area (Å²) >= 11 is 0. The van der Waals surface area contributed by atoms with Crippen molar-refractivity contribution in [2.75, 3.05) is 13.2 Å². The van der Waals surface area contributed by atoms with Crippen LogP contribution < -0.4 is 5.73 Å². The quantitative estimate of drug-likeness (QED) is 0.812. The highest BCUT2D eigenvalue weighted by Crippen LogP contribution is 2.42. The first kappa shape index (κ1) is 11.6. The van der Waals surface area contributed by atoms with Gasteiger partial charge in [-0.05, 0) is 36.8 Å². The molecule has 0 heterocycles. The van der Waals surface area contributed by atoms with Gasteiger partial charge in [-0.25, -0.2) is 0 Å². The molecule has 0 bridgehead atoms. The average Bonchev–Trinajstić information content (AvgIpc) is 2.27. The molecule has 0 atom stereocenters. The third kappa shape index (κ3) is 2.12. The van der Waals surface area contributed by atoms with Crippen molar-refractivity contribution in [3.63, 3.8) is 0 Å². The van der Waals surface area contributed by atoms with Crippen molar-refractivity contribution in [1.29, 1.82) is 0 Å². The second-order valence-corrected chi connectivity index (χ2v) is 4.83. The first-order valence-corrected chi connectivity index (χ1v) is 6.16. The zero-order valence-electron chi connectivity index (χ0n) is 9.71. The van der Waals surface area contributed by atoms with Crippen molar-refractivity contribution in [1.82, 2.24) is 0 Å². The van der Waals surface area contributed by atoms with Gasteiger partial charge in [-0.15, -0.1) is 0 Å². The summed E-state index contributed by atoms with van der Waals surface area (Å²) in [7, 11) is 0. The first-order chi connectivity index (χ1) is 7.80. The Balaban J connectivity index is 2.06. The van der Waals surface area contributed by atoms with Crippen LogP contribution in [0.1, 0.15) is 36.8 Å². The van der Waals surface area contributed by atoms with Gasteiger partial charge >= 0.3 is 0 Å². The minimum Gasteiger partial charge on any atom is -0.330 e. The van der Waals surface area contributed by atoms with Crippen LogP contribution in [-0.4, -0.2) is 13.2 Å². The zero-order valence-corrected chi connectivity index (χ0v) is 9.71. The second kappa shape index (κ2) is 4.96. The smallest absolute Gasteiger partial charge is 0.0897 e. The number of halogens is 1. The van der Waals surface area contributed by atoms with E-state index < -0.39 is 0 Å². The van der Waals surface area contributed by atoms with Gasteiger partial charge in [0.1, 0.15) is 0 Å². The second-order valence-electron chi connectivity index (χ2n) is 4.83. The molecule has 2 N–H and O–H groups in total. The fourth-order valence-electron chi connectivity index (χ4n) is 2.51. The van der Waals surface area contributed by atoms with Crippen LogP contribution in [0, 0.1) is 0 Å². The molecule has 1 aromatic carbocycles. The predicted octanol–water partition coefficient (Wildman–Crippen LogP) is 2.97. The average molecular weight is 221 g/mol. The zero-order chi connectivity index (χ0) is 11.4. The molecule has 0 aliphatic heterocycles. The van der Waals surface area contributed by atoms with Crippen LogP contribution in [0.4, 0.5) is 4.39 Å². The van der Waals surface area contributed by atoms with Crippen molar-refractivity contribution in [3.8, 4) is 0 Å². The molecule has 2 rings (SSSR count). The van der Waals surface area contributed by atoms with E-state index in [1.165, 1.54) is 30.4 Å². The van der Waals surface area contributed by atoms with Gasteiger partial charge in [-0.3, -0.25) is 4.39 Å². The van der Waals surface area contributed by atoms with E-state index in [0.717, 1.165) is 13.0 Å². The highest BCUT2D eigenvalue weighted by molar-refractivity contribution is 5.31. The lowest BCUT2D eigenvalue weighted by atomic mass is 9.64. The summed E-state index contributed by atoms with van der Waals surface area (Å²) in [6.45, 7) is 0.519. The topological polar surface area (TPSA) is 26.0 Å². The van der Waals surface area contributed by atoms with E-state index in [0.29, 0.717) is 6.42 Å². The molecule has 0 unspecified atom stereocenters. The number of hydrogen-bond donors (Lipinski definition) is 1. The molecule has 1 saturated carbocycles. The molecule has 1 aromatic rings. The van der Waals surface area contributed by atoms with Crippen LogP contribution in [0.15, 0.2) is 24.3 Å². The van der Waals surface area contributed by atoms with Gasteiger partial charge in [0, 0.05) is 12.0 Å². The summed E-state index contributed by atoms with van der Waals surface area (Å²) in [5.74, 6) is 0. The first-order valence-electron chi connectivity index (χ1n) is 6.16. The Morgan fingerprint density at radius 2 is 1.88 bits per heavy atom. The molecule has 0 amide bonds. The number of rotatable bonds is 5. The van der Waals surface area contributed by atoms with Crippen LogP contribution >= 0.6 is 0 Å². The normalized spacial score (nSPS) is 18.1. The number of alkyl halides is 1. The lowest BCUT2D eigenvalue weighted by Gasteiger charge is -2.41. The maximum absolute atomic E-state index is 12.0. The number of benzene rings is 1. The molecular weight excluding hydrogens is 201 g/mol. The number of aryl methyl sites for hydroxylation is 1. The van der Waals surface area contributed by atoms with Crippen LogP contribution in [-0.2, 0) is 11.8 Å².